The molecule has 0 saturated carbocycles. The molecule has 3 N–H and O–H groups in total. The van der Waals surface area contributed by atoms with E-state index >= 15 is 0 Å². The average molecular weight is 627 g/mol. The molecule has 45 heavy (non-hydrogen) atoms. The Balaban J connectivity index is 1.19. The van der Waals surface area contributed by atoms with E-state index in [1.165, 1.54) is 25.0 Å². The molecule has 0 atom stereocenters. The summed E-state index contributed by atoms with van der Waals surface area (Å²) >= 11 is 0. The van der Waals surface area contributed by atoms with Crippen molar-refractivity contribution in [3.63, 3.8) is 0 Å². The summed E-state index contributed by atoms with van der Waals surface area (Å²) in [5, 5.41) is 9.33. The van der Waals surface area contributed by atoms with Crippen molar-refractivity contribution >= 4 is 31.8 Å². The number of rotatable bonds is 10. The molecule has 1 saturated heterocycles. The maximum absolute atomic E-state index is 14.6. The van der Waals surface area contributed by atoms with E-state index in [1.54, 1.807) is 37.1 Å². The van der Waals surface area contributed by atoms with Gasteiger partial charge in [-0.2, -0.15) is 5.10 Å². The third kappa shape index (κ3) is 6.41. The van der Waals surface area contributed by atoms with Gasteiger partial charge in [0.05, 0.1) is 47.3 Å². The number of sulfonamides is 1. The van der Waals surface area contributed by atoms with Crippen LogP contribution in [-0.2, 0) is 16.6 Å². The molecule has 1 aromatic carbocycles. The topological polar surface area (TPSA) is 142 Å². The number of aromatic amines is 2. The highest BCUT2D eigenvalue weighted by Crippen LogP contribution is 2.35. The molecular formula is C32H31FN8O3S. The van der Waals surface area contributed by atoms with Gasteiger partial charge in [0, 0.05) is 47.4 Å². The van der Waals surface area contributed by atoms with E-state index in [0.717, 1.165) is 64.6 Å². The fraction of sp³-hybridized carbons (Fsp3) is 0.250. The predicted octanol–water partition coefficient (Wildman–Crippen LogP) is 4.89. The Kier molecular flexibility index (Phi) is 7.73. The van der Waals surface area contributed by atoms with Gasteiger partial charge in [0.15, 0.2) is 0 Å². The highest BCUT2D eigenvalue weighted by Gasteiger charge is 2.17. The van der Waals surface area contributed by atoms with Gasteiger partial charge in [-0.25, -0.2) is 17.5 Å². The van der Waals surface area contributed by atoms with Gasteiger partial charge in [0.25, 0.3) is 0 Å². The third-order valence-electron chi connectivity index (χ3n) is 7.94. The van der Waals surface area contributed by atoms with E-state index in [9.17, 15) is 12.8 Å². The summed E-state index contributed by atoms with van der Waals surface area (Å²) in [6, 6.07) is 10.3. The summed E-state index contributed by atoms with van der Waals surface area (Å²) in [6.45, 7) is 3.74. The van der Waals surface area contributed by atoms with Crippen LogP contribution in [0.15, 0.2) is 67.4 Å². The molecule has 6 heterocycles. The normalized spacial score (nSPS) is 14.1. The number of aromatic nitrogens is 6. The Hall–Kier alpha value is -4.72. The van der Waals surface area contributed by atoms with Crippen LogP contribution in [0.25, 0.3) is 55.6 Å². The van der Waals surface area contributed by atoms with E-state index in [4.69, 9.17) is 4.74 Å². The molecule has 6 aromatic rings. The van der Waals surface area contributed by atoms with Gasteiger partial charge in [-0.1, -0.05) is 0 Å². The number of hydrogen-bond acceptors (Lipinski definition) is 8. The maximum Gasteiger partial charge on any atom is 0.209 e. The predicted molar refractivity (Wildman–Crippen MR) is 170 cm³/mol. The van der Waals surface area contributed by atoms with Crippen LogP contribution in [0.4, 0.5) is 4.39 Å². The lowest BCUT2D eigenvalue weighted by Crippen LogP contribution is -2.25. The Morgan fingerprint density at radius 1 is 0.933 bits per heavy atom. The standard InChI is InChI=1S/C32H31FN8O3S/c1-45(42,43)37-14-20-8-21(10-23(33)9-20)27-17-35-18-30-25(27)12-29(38-30)32-26-13-28(36-19-31(26)39-40-32)22-11-24(16-34-15-22)44-7-6-41-4-2-3-5-41/h8-13,15-19,37-38H,2-7,14H2,1H3,(H,39,40). The Morgan fingerprint density at radius 3 is 2.62 bits per heavy atom. The first kappa shape index (κ1) is 29.0. The molecule has 0 radical (unpaired) electrons. The zero-order chi connectivity index (χ0) is 31.0. The zero-order valence-corrected chi connectivity index (χ0v) is 25.4. The summed E-state index contributed by atoms with van der Waals surface area (Å²) in [4.78, 5) is 19.2. The first-order valence-electron chi connectivity index (χ1n) is 14.7. The van der Waals surface area contributed by atoms with Crippen LogP contribution in [0.3, 0.4) is 0 Å². The molecule has 5 aromatic heterocycles. The number of fused-ring (bicyclic) bond motifs is 2. The fourth-order valence-electron chi connectivity index (χ4n) is 5.75. The Labute approximate surface area is 258 Å². The summed E-state index contributed by atoms with van der Waals surface area (Å²) in [5.74, 6) is 0.226. The number of pyridine rings is 3. The van der Waals surface area contributed by atoms with E-state index in [1.807, 2.05) is 18.2 Å². The van der Waals surface area contributed by atoms with Crippen LogP contribution in [0.1, 0.15) is 18.4 Å². The lowest BCUT2D eigenvalue weighted by Gasteiger charge is -2.15. The number of likely N-dealkylation sites (tertiary alicyclic amines) is 1. The molecule has 0 bridgehead atoms. The second kappa shape index (κ2) is 12.0. The molecule has 0 spiro atoms. The van der Waals surface area contributed by atoms with Crippen molar-refractivity contribution in [2.24, 2.45) is 0 Å². The zero-order valence-electron chi connectivity index (χ0n) is 24.5. The number of H-pyrrole nitrogens is 2. The molecule has 1 fully saturated rings. The largest absolute Gasteiger partial charge is 0.491 e. The van der Waals surface area contributed by atoms with Crippen molar-refractivity contribution in [2.75, 3.05) is 32.5 Å². The number of nitrogens with zero attached hydrogens (tertiary/aromatic N) is 5. The molecule has 230 valence electrons. The Morgan fingerprint density at radius 2 is 1.78 bits per heavy atom. The van der Waals surface area contributed by atoms with Crippen molar-refractivity contribution in [3.8, 4) is 39.5 Å². The fourth-order valence-corrected chi connectivity index (χ4v) is 6.18. The van der Waals surface area contributed by atoms with Crippen LogP contribution in [0.2, 0.25) is 0 Å². The van der Waals surface area contributed by atoms with Crippen molar-refractivity contribution in [3.05, 3.63) is 78.8 Å². The molecule has 0 unspecified atom stereocenters. The summed E-state index contributed by atoms with van der Waals surface area (Å²) < 4.78 is 46.2. The quantitative estimate of drug-likeness (QED) is 0.195. The molecule has 1 aliphatic heterocycles. The number of benzene rings is 1. The molecule has 7 rings (SSSR count). The van der Waals surface area contributed by atoms with Crippen LogP contribution in [0, 0.1) is 5.82 Å². The van der Waals surface area contributed by atoms with Gasteiger partial charge in [0.1, 0.15) is 23.9 Å². The van der Waals surface area contributed by atoms with Gasteiger partial charge in [-0.3, -0.25) is 25.0 Å². The highest BCUT2D eigenvalue weighted by molar-refractivity contribution is 7.88. The van der Waals surface area contributed by atoms with Crippen molar-refractivity contribution in [2.45, 2.75) is 19.4 Å². The minimum atomic E-state index is -3.43. The van der Waals surface area contributed by atoms with E-state index in [2.05, 4.69) is 39.8 Å². The van der Waals surface area contributed by atoms with Gasteiger partial charge in [0.2, 0.25) is 10.0 Å². The van der Waals surface area contributed by atoms with Crippen molar-refractivity contribution in [1.29, 1.82) is 0 Å². The number of ether oxygens (including phenoxy) is 1. The van der Waals surface area contributed by atoms with Crippen molar-refractivity contribution in [1.82, 2.24) is 39.8 Å². The summed E-state index contributed by atoms with van der Waals surface area (Å²) in [6.07, 6.45) is 12.2. The molecule has 0 amide bonds. The van der Waals surface area contributed by atoms with E-state index < -0.39 is 15.8 Å². The SMILES string of the molecule is CS(=O)(=O)NCc1cc(F)cc(-c2cncc3[nH]c(-c4n[nH]c5cnc(-c6cncc(OCCN7CCCC7)c6)cc45)cc23)c1. The minimum Gasteiger partial charge on any atom is -0.491 e. The van der Waals surface area contributed by atoms with E-state index in [-0.39, 0.29) is 6.54 Å². The van der Waals surface area contributed by atoms with Gasteiger partial charge in [-0.05, 0) is 73.5 Å². The highest BCUT2D eigenvalue weighted by atomic mass is 32.2. The number of nitrogens with one attached hydrogen (secondary N) is 3. The maximum atomic E-state index is 14.6. The summed E-state index contributed by atoms with van der Waals surface area (Å²) in [7, 11) is -3.43. The number of halogens is 1. The lowest BCUT2D eigenvalue weighted by molar-refractivity contribution is 0.237. The van der Waals surface area contributed by atoms with E-state index in [0.29, 0.717) is 34.7 Å². The van der Waals surface area contributed by atoms with Gasteiger partial charge >= 0.3 is 0 Å². The van der Waals surface area contributed by atoms with Crippen LogP contribution >= 0.6 is 0 Å². The van der Waals surface area contributed by atoms with Crippen LogP contribution in [0.5, 0.6) is 5.75 Å². The molecule has 11 nitrogen and oxygen atoms in total. The van der Waals surface area contributed by atoms with Gasteiger partial charge in [-0.15, -0.1) is 0 Å². The first-order valence-corrected chi connectivity index (χ1v) is 16.5. The molecule has 1 aliphatic rings. The average Bonchev–Trinajstić information content (AvgIpc) is 3.79. The molecular weight excluding hydrogens is 595 g/mol. The van der Waals surface area contributed by atoms with Crippen LogP contribution in [-0.4, -0.2) is 75.9 Å². The first-order chi connectivity index (χ1) is 21.8. The number of hydrogen-bond donors (Lipinski definition) is 3. The molecule has 0 aliphatic carbocycles. The third-order valence-corrected chi connectivity index (χ3v) is 8.61. The minimum absolute atomic E-state index is 0.0236. The smallest absolute Gasteiger partial charge is 0.209 e. The summed E-state index contributed by atoms with van der Waals surface area (Å²) in [5.41, 5.74) is 6.30. The second-order valence-corrected chi connectivity index (χ2v) is 13.1. The lowest BCUT2D eigenvalue weighted by atomic mass is 10.0. The second-order valence-electron chi connectivity index (χ2n) is 11.3. The Bertz CT molecular complexity index is 2120. The van der Waals surface area contributed by atoms with Crippen LogP contribution < -0.4 is 9.46 Å². The van der Waals surface area contributed by atoms with Gasteiger partial charge < -0.3 is 9.72 Å². The monoisotopic (exact) mass is 626 g/mol. The molecule has 13 heteroatoms. The van der Waals surface area contributed by atoms with Crippen molar-refractivity contribution < 1.29 is 17.5 Å².